The van der Waals surface area contributed by atoms with E-state index < -0.39 is 41.2 Å². The molecule has 2 saturated heterocycles. The summed E-state index contributed by atoms with van der Waals surface area (Å²) >= 11 is 0. The molecule has 43 heavy (non-hydrogen) atoms. The lowest BCUT2D eigenvalue weighted by atomic mass is 9.77. The van der Waals surface area contributed by atoms with Crippen LogP contribution in [-0.2, 0) is 25.7 Å². The van der Waals surface area contributed by atoms with Crippen molar-refractivity contribution in [3.8, 4) is 0 Å². The molecule has 0 aromatic heterocycles. The first-order valence-corrected chi connectivity index (χ1v) is 15.8. The van der Waals surface area contributed by atoms with Crippen LogP contribution in [-0.4, -0.2) is 86.6 Å². The molecular weight excluding hydrogens is 542 g/mol. The van der Waals surface area contributed by atoms with E-state index >= 15 is 0 Å². The number of hydrogen-bond acceptors (Lipinski definition) is 5. The fourth-order valence-corrected chi connectivity index (χ4v) is 8.18. The van der Waals surface area contributed by atoms with E-state index in [-0.39, 0.29) is 35.7 Å². The number of nitrogens with zero attached hydrogens (tertiary/aromatic N) is 3. The standard InChI is InChI=1S/C35H49N3O5/c1-8-23(2)25(21-39)38-29-32(42)37(34(6,7)22-33(3,4)5)19-13-17-35(29)28(31(38)41)27-26(43-35)16-12-18-36(30(27)40)20-24-14-10-9-11-15-24/h9-17,23,25-29,39H,8,18-22H2,1-7H3/t23-,25-,26+,27-,28-,29?,35-/m0/s1. The van der Waals surface area contributed by atoms with Crippen LogP contribution in [0.1, 0.15) is 66.9 Å². The average Bonchev–Trinajstić information content (AvgIpc) is 3.25. The summed E-state index contributed by atoms with van der Waals surface area (Å²) in [5, 5.41) is 10.7. The third kappa shape index (κ3) is 5.46. The van der Waals surface area contributed by atoms with Gasteiger partial charge in [0.1, 0.15) is 11.6 Å². The highest BCUT2D eigenvalue weighted by Crippen LogP contribution is 2.55. The predicted octanol–water partition coefficient (Wildman–Crippen LogP) is 4.19. The highest BCUT2D eigenvalue weighted by molar-refractivity contribution is 6.00. The number of rotatable bonds is 8. The Morgan fingerprint density at radius 3 is 2.33 bits per heavy atom. The van der Waals surface area contributed by atoms with Crippen molar-refractivity contribution in [2.45, 2.75) is 97.2 Å². The first kappa shape index (κ1) is 31.5. The van der Waals surface area contributed by atoms with E-state index in [0.29, 0.717) is 19.6 Å². The van der Waals surface area contributed by atoms with Crippen molar-refractivity contribution in [2.24, 2.45) is 23.2 Å². The van der Waals surface area contributed by atoms with Gasteiger partial charge in [0.15, 0.2) is 0 Å². The average molecular weight is 592 g/mol. The number of hydrogen-bond donors (Lipinski definition) is 1. The molecular formula is C35H49N3O5. The quantitative estimate of drug-likeness (QED) is 0.458. The molecule has 0 aliphatic carbocycles. The van der Waals surface area contributed by atoms with E-state index in [1.54, 1.807) is 9.80 Å². The van der Waals surface area contributed by atoms with E-state index in [2.05, 4.69) is 34.6 Å². The molecule has 8 nitrogen and oxygen atoms in total. The van der Waals surface area contributed by atoms with Crippen LogP contribution in [0.2, 0.25) is 0 Å². The van der Waals surface area contributed by atoms with Gasteiger partial charge in [-0.2, -0.15) is 0 Å². The largest absolute Gasteiger partial charge is 0.394 e. The van der Waals surface area contributed by atoms with Crippen molar-refractivity contribution in [1.29, 1.82) is 0 Å². The molecule has 1 aromatic rings. The molecule has 3 amide bonds. The zero-order valence-electron chi connectivity index (χ0n) is 26.8. The minimum absolute atomic E-state index is 0.0357. The summed E-state index contributed by atoms with van der Waals surface area (Å²) in [6.45, 7) is 15.6. The molecule has 1 N–H and O–H groups in total. The number of carbonyl (C=O) groups excluding carboxylic acids is 3. The second-order valence-corrected chi connectivity index (χ2v) is 14.8. The van der Waals surface area contributed by atoms with Gasteiger partial charge in [-0.25, -0.2) is 0 Å². The van der Waals surface area contributed by atoms with E-state index in [9.17, 15) is 19.5 Å². The zero-order chi connectivity index (χ0) is 31.3. The molecule has 5 rings (SSSR count). The van der Waals surface area contributed by atoms with Crippen molar-refractivity contribution in [2.75, 3.05) is 19.7 Å². The number of benzene rings is 1. The summed E-state index contributed by atoms with van der Waals surface area (Å²) in [5.74, 6) is -2.32. The first-order chi connectivity index (χ1) is 20.3. The highest BCUT2D eigenvalue weighted by atomic mass is 16.5. The SMILES string of the molecule is CC[C@H](C)[C@H](CO)N1C(=O)[C@@H]2[C@H]3C(=O)N(Cc4ccccc4)CC=C[C@H]3O[C@@]23C=CCN(C(C)(C)CC(C)(C)C)C(=O)C13. The molecule has 8 heteroatoms. The highest BCUT2D eigenvalue weighted by Gasteiger charge is 2.73. The maximum atomic E-state index is 14.9. The molecule has 1 unspecified atom stereocenters. The second-order valence-electron chi connectivity index (χ2n) is 14.8. The van der Waals surface area contributed by atoms with Gasteiger partial charge in [0.05, 0.1) is 30.6 Å². The Kier molecular flexibility index (Phi) is 8.42. The molecule has 0 radical (unpaired) electrons. The Hall–Kier alpha value is -2.97. The third-order valence-corrected chi connectivity index (χ3v) is 9.94. The minimum atomic E-state index is -1.31. The van der Waals surface area contributed by atoms with Gasteiger partial charge < -0.3 is 24.5 Å². The lowest BCUT2D eigenvalue weighted by Gasteiger charge is -2.46. The van der Waals surface area contributed by atoms with Crippen molar-refractivity contribution in [1.82, 2.24) is 14.7 Å². The molecule has 4 aliphatic heterocycles. The summed E-state index contributed by atoms with van der Waals surface area (Å²) in [6.07, 6.45) is 8.54. The number of carbonyl (C=O) groups is 3. The van der Waals surface area contributed by atoms with Gasteiger partial charge in [0.25, 0.3) is 0 Å². The molecule has 1 aromatic carbocycles. The van der Waals surface area contributed by atoms with E-state index in [1.807, 2.05) is 73.4 Å². The topological polar surface area (TPSA) is 90.4 Å². The van der Waals surface area contributed by atoms with Crippen LogP contribution in [0.15, 0.2) is 54.6 Å². The minimum Gasteiger partial charge on any atom is -0.394 e. The second kappa shape index (κ2) is 11.5. The number of amides is 3. The van der Waals surface area contributed by atoms with Crippen LogP contribution in [0.3, 0.4) is 0 Å². The number of aliphatic hydroxyl groups excluding tert-OH is 1. The Balaban J connectivity index is 1.60. The van der Waals surface area contributed by atoms with Gasteiger partial charge in [-0.1, -0.05) is 95.7 Å². The molecule has 1 spiro atoms. The summed E-state index contributed by atoms with van der Waals surface area (Å²) in [7, 11) is 0. The van der Waals surface area contributed by atoms with E-state index in [0.717, 1.165) is 18.4 Å². The summed E-state index contributed by atoms with van der Waals surface area (Å²) in [5.41, 5.74) is -0.848. The molecule has 4 aliphatic rings. The number of aliphatic hydroxyl groups is 1. The Morgan fingerprint density at radius 2 is 1.70 bits per heavy atom. The maximum absolute atomic E-state index is 14.9. The molecule has 4 heterocycles. The fourth-order valence-electron chi connectivity index (χ4n) is 8.18. The van der Waals surface area contributed by atoms with Gasteiger partial charge >= 0.3 is 0 Å². The predicted molar refractivity (Wildman–Crippen MR) is 166 cm³/mol. The van der Waals surface area contributed by atoms with Crippen LogP contribution in [0.4, 0.5) is 0 Å². The zero-order valence-corrected chi connectivity index (χ0v) is 26.8. The van der Waals surface area contributed by atoms with Crippen LogP contribution in [0.25, 0.3) is 0 Å². The van der Waals surface area contributed by atoms with Crippen LogP contribution in [0.5, 0.6) is 0 Å². The van der Waals surface area contributed by atoms with Crippen molar-refractivity contribution in [3.63, 3.8) is 0 Å². The van der Waals surface area contributed by atoms with Gasteiger partial charge in [0.2, 0.25) is 17.7 Å². The summed E-state index contributed by atoms with van der Waals surface area (Å²) in [4.78, 5) is 49.2. The Bertz CT molecular complexity index is 1280. The number of ether oxygens (including phenoxy) is 1. The summed E-state index contributed by atoms with van der Waals surface area (Å²) < 4.78 is 6.84. The van der Waals surface area contributed by atoms with Gasteiger partial charge in [0, 0.05) is 25.2 Å². The molecule has 234 valence electrons. The molecule has 0 saturated carbocycles. The molecule has 7 atom stereocenters. The van der Waals surface area contributed by atoms with Gasteiger partial charge in [-0.05, 0) is 37.2 Å². The van der Waals surface area contributed by atoms with Crippen molar-refractivity contribution >= 4 is 17.7 Å². The first-order valence-electron chi connectivity index (χ1n) is 15.8. The van der Waals surface area contributed by atoms with Gasteiger partial charge in [-0.15, -0.1) is 0 Å². The fraction of sp³-hybridized carbons (Fsp3) is 0.629. The summed E-state index contributed by atoms with van der Waals surface area (Å²) in [6, 6.07) is 8.26. The van der Waals surface area contributed by atoms with Crippen molar-refractivity contribution < 1.29 is 24.2 Å². The normalized spacial score (nSPS) is 30.6. The maximum Gasteiger partial charge on any atom is 0.249 e. The van der Waals surface area contributed by atoms with E-state index in [1.165, 1.54) is 0 Å². The lowest BCUT2D eigenvalue weighted by molar-refractivity contribution is -0.156. The van der Waals surface area contributed by atoms with Crippen LogP contribution in [0, 0.1) is 23.2 Å². The Morgan fingerprint density at radius 1 is 1.00 bits per heavy atom. The third-order valence-electron chi connectivity index (χ3n) is 9.94. The van der Waals surface area contributed by atoms with Crippen molar-refractivity contribution in [3.05, 3.63) is 60.2 Å². The van der Waals surface area contributed by atoms with Gasteiger partial charge in [-0.3, -0.25) is 14.4 Å². The number of fused-ring (bicyclic) bond motifs is 2. The lowest BCUT2D eigenvalue weighted by Crippen LogP contribution is -2.62. The molecule has 0 bridgehead atoms. The van der Waals surface area contributed by atoms with Crippen LogP contribution >= 0.6 is 0 Å². The number of likely N-dealkylation sites (tertiary alicyclic amines) is 1. The van der Waals surface area contributed by atoms with E-state index in [4.69, 9.17) is 4.74 Å². The smallest absolute Gasteiger partial charge is 0.249 e. The monoisotopic (exact) mass is 591 g/mol. The van der Waals surface area contributed by atoms with Crippen LogP contribution < -0.4 is 0 Å². The molecule has 2 fully saturated rings. The Labute approximate surface area is 256 Å².